The van der Waals surface area contributed by atoms with Crippen LogP contribution in [-0.2, 0) is 19.3 Å². The summed E-state index contributed by atoms with van der Waals surface area (Å²) in [7, 11) is 0. The minimum atomic E-state index is -1.33. The minimum absolute atomic E-state index is 0.0325. The van der Waals surface area contributed by atoms with E-state index < -0.39 is 11.9 Å². The van der Waals surface area contributed by atoms with Gasteiger partial charge in [-0.25, -0.2) is 9.59 Å². The highest BCUT2D eigenvalue weighted by Gasteiger charge is 2.34. The molecule has 0 amide bonds. The Morgan fingerprint density at radius 1 is 0.844 bits per heavy atom. The van der Waals surface area contributed by atoms with Crippen molar-refractivity contribution in [1.29, 1.82) is 5.41 Å². The third-order valence-electron chi connectivity index (χ3n) is 9.15. The van der Waals surface area contributed by atoms with Gasteiger partial charge in [-0.05, 0) is 71.9 Å². The Hall–Kier alpha value is -4.39. The fourth-order valence-corrected chi connectivity index (χ4v) is 7.78. The molecule has 4 aromatic rings. The van der Waals surface area contributed by atoms with E-state index >= 15 is 0 Å². The molecular weight excluding hydrogens is 609 g/mol. The molecule has 226 valence electrons. The zero-order chi connectivity index (χ0) is 31.6. The Kier molecular flexibility index (Phi) is 7.30. The number of nitrogens with one attached hydrogen (secondary N) is 1. The molecular formula is C37H29Cl2NO5. The van der Waals surface area contributed by atoms with Crippen molar-refractivity contribution in [2.24, 2.45) is 0 Å². The maximum absolute atomic E-state index is 13.0. The van der Waals surface area contributed by atoms with E-state index in [0.29, 0.717) is 50.4 Å². The van der Waals surface area contributed by atoms with Crippen molar-refractivity contribution in [3.05, 3.63) is 97.8 Å². The van der Waals surface area contributed by atoms with Crippen LogP contribution in [0.3, 0.4) is 0 Å². The Labute approximate surface area is 268 Å². The molecule has 4 aromatic carbocycles. The molecule has 0 saturated heterocycles. The first-order valence-corrected chi connectivity index (χ1v) is 15.9. The third-order valence-corrected chi connectivity index (χ3v) is 9.84. The van der Waals surface area contributed by atoms with E-state index in [1.807, 2.05) is 42.5 Å². The highest BCUT2D eigenvalue weighted by molar-refractivity contribution is 6.42. The molecule has 0 radical (unpaired) electrons. The number of halogens is 2. The number of carbonyl (C=O) groups is 2. The molecule has 1 aliphatic heterocycles. The van der Waals surface area contributed by atoms with E-state index in [-0.39, 0.29) is 26.7 Å². The zero-order valence-corrected chi connectivity index (χ0v) is 26.0. The van der Waals surface area contributed by atoms with E-state index in [9.17, 15) is 25.2 Å². The Morgan fingerprint density at radius 3 is 2.16 bits per heavy atom. The summed E-state index contributed by atoms with van der Waals surface area (Å²) >= 11 is 13.6. The molecule has 0 spiro atoms. The Bertz CT molecular complexity index is 2270. The second-order valence-electron chi connectivity index (χ2n) is 11.7. The van der Waals surface area contributed by atoms with Crippen LogP contribution < -0.4 is 5.36 Å². The van der Waals surface area contributed by atoms with Crippen molar-refractivity contribution in [1.82, 2.24) is 0 Å². The molecule has 8 heteroatoms. The van der Waals surface area contributed by atoms with E-state index in [2.05, 4.69) is 13.0 Å². The molecule has 7 rings (SSSR count). The molecule has 1 heterocycles. The van der Waals surface area contributed by atoms with Gasteiger partial charge in [0.15, 0.2) is 0 Å². The predicted octanol–water partition coefficient (Wildman–Crippen LogP) is 9.92. The van der Waals surface area contributed by atoms with Crippen LogP contribution >= 0.6 is 23.2 Å². The molecule has 0 saturated carbocycles. The normalized spacial score (nSPS) is 13.1. The van der Waals surface area contributed by atoms with Crippen LogP contribution in [0.1, 0.15) is 70.0 Å². The third kappa shape index (κ3) is 4.42. The summed E-state index contributed by atoms with van der Waals surface area (Å²) in [5.74, 6) is -2.16. The lowest BCUT2D eigenvalue weighted by molar-refractivity contribution is 0.0682. The van der Waals surface area contributed by atoms with Crippen LogP contribution in [0.5, 0.6) is 0 Å². The second-order valence-corrected chi connectivity index (χ2v) is 12.5. The lowest BCUT2D eigenvalue weighted by Gasteiger charge is -2.27. The van der Waals surface area contributed by atoms with Gasteiger partial charge in [-0.15, -0.1) is 0 Å². The van der Waals surface area contributed by atoms with Crippen molar-refractivity contribution in [2.75, 3.05) is 0 Å². The van der Waals surface area contributed by atoms with Gasteiger partial charge in [0.2, 0.25) is 0 Å². The van der Waals surface area contributed by atoms with Crippen LogP contribution in [0.15, 0.2) is 59.0 Å². The number of carboxylic acids is 2. The summed E-state index contributed by atoms with van der Waals surface area (Å²) in [5.41, 5.74) is 4.08. The fourth-order valence-electron chi connectivity index (χ4n) is 7.18. The van der Waals surface area contributed by atoms with Gasteiger partial charge in [-0.1, -0.05) is 85.1 Å². The number of aromatic carboxylic acids is 2. The smallest absolute Gasteiger partial charge is 0.337 e. The number of benzene rings is 5. The average Bonchev–Trinajstić information content (AvgIpc) is 3.04. The van der Waals surface area contributed by atoms with Gasteiger partial charge >= 0.3 is 11.9 Å². The monoisotopic (exact) mass is 637 g/mol. The van der Waals surface area contributed by atoms with Gasteiger partial charge in [0.1, 0.15) is 11.3 Å². The highest BCUT2D eigenvalue weighted by atomic mass is 35.5. The molecule has 45 heavy (non-hydrogen) atoms. The molecule has 0 atom stereocenters. The van der Waals surface area contributed by atoms with Crippen molar-refractivity contribution >= 4 is 67.7 Å². The summed E-state index contributed by atoms with van der Waals surface area (Å²) in [5, 5.41) is 33.9. The molecule has 0 unspecified atom stereocenters. The number of aryl methyl sites for hydroxylation is 2. The van der Waals surface area contributed by atoms with Gasteiger partial charge in [-0.2, -0.15) is 0 Å². The van der Waals surface area contributed by atoms with Crippen molar-refractivity contribution in [3.8, 4) is 22.5 Å². The van der Waals surface area contributed by atoms with Crippen LogP contribution in [0.2, 0.25) is 10.0 Å². The summed E-state index contributed by atoms with van der Waals surface area (Å²) in [4.78, 5) is 25.5. The molecule has 2 aliphatic carbocycles. The van der Waals surface area contributed by atoms with Crippen molar-refractivity contribution in [2.45, 2.75) is 51.9 Å². The SMILES string of the molecule is CCCCc1c2oc3c4c(c5ccccc5c3c(-c3c(Cl)c(C(=O)O)cc(Cl)c3C(=O)O)c-2c2ccccc2c1=N)CCCC4. The summed E-state index contributed by atoms with van der Waals surface area (Å²) < 4.78 is 7.02. The first kappa shape index (κ1) is 29.3. The summed E-state index contributed by atoms with van der Waals surface area (Å²) in [6, 6.07) is 16.6. The van der Waals surface area contributed by atoms with E-state index in [0.717, 1.165) is 66.5 Å². The molecule has 0 bridgehead atoms. The van der Waals surface area contributed by atoms with Gasteiger partial charge in [-0.3, -0.25) is 5.41 Å². The molecule has 3 N–H and O–H groups in total. The molecule has 6 nitrogen and oxygen atoms in total. The van der Waals surface area contributed by atoms with E-state index in [1.165, 1.54) is 5.56 Å². The number of unbranched alkanes of at least 4 members (excludes halogenated alkanes) is 1. The average molecular weight is 639 g/mol. The zero-order valence-electron chi connectivity index (χ0n) is 24.5. The van der Waals surface area contributed by atoms with Crippen LogP contribution in [0.25, 0.3) is 55.0 Å². The molecule has 0 fully saturated rings. The van der Waals surface area contributed by atoms with Gasteiger partial charge in [0, 0.05) is 33.0 Å². The summed E-state index contributed by atoms with van der Waals surface area (Å²) in [6.45, 7) is 2.09. The number of fused-ring (bicyclic) bond motifs is 9. The van der Waals surface area contributed by atoms with Crippen molar-refractivity contribution in [3.63, 3.8) is 0 Å². The highest BCUT2D eigenvalue weighted by Crippen LogP contribution is 2.53. The number of hydrogen-bond donors (Lipinski definition) is 3. The van der Waals surface area contributed by atoms with E-state index in [4.69, 9.17) is 27.6 Å². The molecule has 0 aromatic heterocycles. The number of carboxylic acid groups (broad SMARTS) is 2. The van der Waals surface area contributed by atoms with Crippen LogP contribution in [0.4, 0.5) is 0 Å². The first-order valence-electron chi connectivity index (χ1n) is 15.1. The minimum Gasteiger partial charge on any atom is -0.478 e. The standard InChI is InChI=1S/C37H29Cl2NO5/c1-2-3-10-24-33(40)22-15-8-7-14-21(22)28-30(31-29(37(43)44)26(38)17-25(32(31)39)36(41)42)27-20-13-6-4-11-18(20)19-12-5-9-16-23(19)34(27)45-35(24)28/h4,6-8,11,13-15,17,40H,2-3,5,9-10,12,16H2,1H3,(H,41,42)(H,43,44). The van der Waals surface area contributed by atoms with Crippen LogP contribution in [0, 0.1) is 5.41 Å². The van der Waals surface area contributed by atoms with Gasteiger partial charge in [0.05, 0.1) is 26.5 Å². The van der Waals surface area contributed by atoms with E-state index in [1.54, 1.807) is 0 Å². The number of hydrogen-bond acceptors (Lipinski definition) is 4. The van der Waals surface area contributed by atoms with Crippen LogP contribution in [-0.4, -0.2) is 22.2 Å². The number of rotatable bonds is 6. The maximum atomic E-state index is 13.0. The lowest BCUT2D eigenvalue weighted by Crippen LogP contribution is -2.15. The lowest BCUT2D eigenvalue weighted by atomic mass is 9.80. The largest absolute Gasteiger partial charge is 0.478 e. The predicted molar refractivity (Wildman–Crippen MR) is 178 cm³/mol. The topological polar surface area (TPSA) is 112 Å². The molecule has 3 aliphatic rings. The second kappa shape index (κ2) is 11.2. The summed E-state index contributed by atoms with van der Waals surface area (Å²) in [6.07, 6.45) is 5.95. The van der Waals surface area contributed by atoms with Gasteiger partial charge < -0.3 is 14.6 Å². The Morgan fingerprint density at radius 2 is 1.49 bits per heavy atom. The van der Waals surface area contributed by atoms with Gasteiger partial charge in [0.25, 0.3) is 0 Å². The van der Waals surface area contributed by atoms with Crippen molar-refractivity contribution < 1.29 is 24.2 Å². The first-order chi connectivity index (χ1) is 21.7. The fraction of sp³-hybridized carbons (Fsp3) is 0.216. The maximum Gasteiger partial charge on any atom is 0.337 e. The Balaban J connectivity index is 1.87. The quantitative estimate of drug-likeness (QED) is 0.124.